The number of carbonyl (C=O) groups excluding carboxylic acids is 2. The van der Waals surface area contributed by atoms with E-state index in [1.54, 1.807) is 31.4 Å². The van der Waals surface area contributed by atoms with E-state index >= 15 is 0 Å². The van der Waals surface area contributed by atoms with Crippen LogP contribution in [0.1, 0.15) is 64.8 Å². The number of hydrogen-bond acceptors (Lipinski definition) is 3. The summed E-state index contributed by atoms with van der Waals surface area (Å²) in [6, 6.07) is 12.7. The van der Waals surface area contributed by atoms with Gasteiger partial charge in [-0.3, -0.25) is 9.59 Å². The number of nitrogens with one attached hydrogen (secondary N) is 2. The molecule has 0 atom stereocenters. The van der Waals surface area contributed by atoms with Crippen molar-refractivity contribution in [3.05, 3.63) is 59.2 Å². The van der Waals surface area contributed by atoms with E-state index in [9.17, 15) is 9.59 Å². The summed E-state index contributed by atoms with van der Waals surface area (Å²) in [6.45, 7) is 1.95. The Morgan fingerprint density at radius 3 is 2.29 bits per heavy atom. The van der Waals surface area contributed by atoms with Crippen LogP contribution in [0.2, 0.25) is 0 Å². The van der Waals surface area contributed by atoms with Crippen molar-refractivity contribution in [1.29, 1.82) is 0 Å². The summed E-state index contributed by atoms with van der Waals surface area (Å²) in [6.07, 6.45) is 6.85. The minimum atomic E-state index is -0.270. The molecule has 5 heteroatoms. The smallest absolute Gasteiger partial charge is 0.255 e. The monoisotopic (exact) mass is 380 g/mol. The number of hydrogen-bond donors (Lipinski definition) is 2. The van der Waals surface area contributed by atoms with Crippen LogP contribution in [0.5, 0.6) is 5.75 Å². The topological polar surface area (TPSA) is 67.4 Å². The largest absolute Gasteiger partial charge is 0.495 e. The number of methoxy groups -OCH3 is 1. The zero-order valence-corrected chi connectivity index (χ0v) is 16.6. The molecule has 0 heterocycles. The maximum atomic E-state index is 12.7. The lowest BCUT2D eigenvalue weighted by Crippen LogP contribution is -2.34. The lowest BCUT2D eigenvalue weighted by Gasteiger charge is -2.16. The van der Waals surface area contributed by atoms with Gasteiger partial charge in [-0.1, -0.05) is 37.8 Å². The van der Waals surface area contributed by atoms with Crippen LogP contribution in [0, 0.1) is 6.92 Å². The first-order valence-electron chi connectivity index (χ1n) is 9.94. The highest BCUT2D eigenvalue weighted by Gasteiger charge is 2.17. The van der Waals surface area contributed by atoms with Crippen molar-refractivity contribution >= 4 is 17.5 Å². The molecule has 0 bridgehead atoms. The molecule has 2 amide bonds. The van der Waals surface area contributed by atoms with Crippen molar-refractivity contribution in [2.45, 2.75) is 51.5 Å². The Hall–Kier alpha value is -2.82. The second-order valence-electron chi connectivity index (χ2n) is 7.40. The SMILES string of the molecule is COc1ccc(C)cc1NC(=O)c1cccc(C(=O)NC2CCCCCC2)c1. The van der Waals surface area contributed by atoms with Gasteiger partial charge in [0.2, 0.25) is 0 Å². The molecule has 0 saturated heterocycles. The van der Waals surface area contributed by atoms with Crippen molar-refractivity contribution < 1.29 is 14.3 Å². The van der Waals surface area contributed by atoms with Crippen molar-refractivity contribution in [1.82, 2.24) is 5.32 Å². The zero-order valence-electron chi connectivity index (χ0n) is 16.6. The Kier molecular flexibility index (Phi) is 6.69. The van der Waals surface area contributed by atoms with E-state index in [0.29, 0.717) is 22.6 Å². The summed E-state index contributed by atoms with van der Waals surface area (Å²) in [5.74, 6) is 0.212. The lowest BCUT2D eigenvalue weighted by molar-refractivity contribution is 0.0933. The molecule has 0 aromatic heterocycles. The molecule has 0 unspecified atom stereocenters. The standard InChI is InChI=1S/C23H28N2O3/c1-16-12-13-21(28-2)20(14-16)25-23(27)18-9-7-8-17(15-18)22(26)24-19-10-5-3-4-6-11-19/h7-9,12-15,19H,3-6,10-11H2,1-2H3,(H,24,26)(H,25,27). The van der Waals surface area contributed by atoms with E-state index in [0.717, 1.165) is 31.2 Å². The highest BCUT2D eigenvalue weighted by Crippen LogP contribution is 2.26. The Morgan fingerprint density at radius 2 is 1.61 bits per heavy atom. The Morgan fingerprint density at radius 1 is 0.929 bits per heavy atom. The quantitative estimate of drug-likeness (QED) is 0.738. The van der Waals surface area contributed by atoms with Crippen LogP contribution in [0.4, 0.5) is 5.69 Å². The fourth-order valence-corrected chi connectivity index (χ4v) is 3.61. The maximum Gasteiger partial charge on any atom is 0.255 e. The molecule has 5 nitrogen and oxygen atoms in total. The molecule has 0 radical (unpaired) electrons. The van der Waals surface area contributed by atoms with Gasteiger partial charge in [0, 0.05) is 17.2 Å². The molecule has 0 aliphatic heterocycles. The first-order valence-corrected chi connectivity index (χ1v) is 9.94. The predicted octanol–water partition coefficient (Wildman–Crippen LogP) is 4.71. The van der Waals surface area contributed by atoms with Crippen molar-refractivity contribution in [3.8, 4) is 5.75 Å². The van der Waals surface area contributed by atoms with Gasteiger partial charge in [0.15, 0.2) is 0 Å². The van der Waals surface area contributed by atoms with Gasteiger partial charge in [0.1, 0.15) is 5.75 Å². The van der Waals surface area contributed by atoms with E-state index in [2.05, 4.69) is 10.6 Å². The summed E-state index contributed by atoms with van der Waals surface area (Å²) < 4.78 is 5.31. The third-order valence-corrected chi connectivity index (χ3v) is 5.18. The van der Waals surface area contributed by atoms with Gasteiger partial charge in [0.25, 0.3) is 11.8 Å². The van der Waals surface area contributed by atoms with Gasteiger partial charge in [0.05, 0.1) is 12.8 Å². The van der Waals surface area contributed by atoms with Crippen molar-refractivity contribution in [3.63, 3.8) is 0 Å². The van der Waals surface area contributed by atoms with E-state index < -0.39 is 0 Å². The lowest BCUT2D eigenvalue weighted by atomic mass is 10.1. The number of carbonyl (C=O) groups is 2. The minimum absolute atomic E-state index is 0.116. The summed E-state index contributed by atoms with van der Waals surface area (Å²) in [4.78, 5) is 25.3. The molecule has 1 fully saturated rings. The molecule has 28 heavy (non-hydrogen) atoms. The van der Waals surface area contributed by atoms with Crippen LogP contribution in [0.15, 0.2) is 42.5 Å². The van der Waals surface area contributed by atoms with Gasteiger partial charge < -0.3 is 15.4 Å². The molecule has 1 aliphatic rings. The summed E-state index contributed by atoms with van der Waals surface area (Å²) in [5, 5.41) is 6.00. The second kappa shape index (κ2) is 9.40. The van der Waals surface area contributed by atoms with Crippen LogP contribution in [0.3, 0.4) is 0 Å². The third kappa shape index (κ3) is 5.12. The maximum absolute atomic E-state index is 12.7. The Balaban J connectivity index is 1.71. The fourth-order valence-electron chi connectivity index (χ4n) is 3.61. The number of amides is 2. The Bertz CT molecular complexity index is 839. The van der Waals surface area contributed by atoms with E-state index in [4.69, 9.17) is 4.74 Å². The van der Waals surface area contributed by atoms with Gasteiger partial charge in [-0.05, 0) is 55.7 Å². The van der Waals surface area contributed by atoms with Crippen LogP contribution in [-0.2, 0) is 0 Å². The van der Waals surface area contributed by atoms with E-state index in [1.807, 2.05) is 25.1 Å². The molecular formula is C23H28N2O3. The third-order valence-electron chi connectivity index (χ3n) is 5.18. The van der Waals surface area contributed by atoms with Gasteiger partial charge >= 0.3 is 0 Å². The van der Waals surface area contributed by atoms with E-state index in [1.165, 1.54) is 12.8 Å². The molecule has 3 rings (SSSR count). The second-order valence-corrected chi connectivity index (χ2v) is 7.40. The van der Waals surface area contributed by atoms with Crippen LogP contribution in [-0.4, -0.2) is 25.0 Å². The van der Waals surface area contributed by atoms with Gasteiger partial charge in [-0.2, -0.15) is 0 Å². The average molecular weight is 380 g/mol. The summed E-state index contributed by atoms with van der Waals surface area (Å²) in [5.41, 5.74) is 2.58. The normalized spacial score (nSPS) is 14.8. The Labute approximate surface area is 166 Å². The first-order chi connectivity index (χ1) is 13.6. The summed E-state index contributed by atoms with van der Waals surface area (Å²) in [7, 11) is 1.57. The summed E-state index contributed by atoms with van der Waals surface area (Å²) >= 11 is 0. The molecule has 2 N–H and O–H groups in total. The number of anilines is 1. The number of ether oxygens (including phenoxy) is 1. The zero-order chi connectivity index (χ0) is 19.9. The minimum Gasteiger partial charge on any atom is -0.495 e. The molecular weight excluding hydrogens is 352 g/mol. The highest BCUT2D eigenvalue weighted by atomic mass is 16.5. The number of aryl methyl sites for hydroxylation is 1. The average Bonchev–Trinajstić information content (AvgIpc) is 2.97. The van der Waals surface area contributed by atoms with Crippen LogP contribution < -0.4 is 15.4 Å². The predicted molar refractivity (Wildman–Crippen MR) is 111 cm³/mol. The van der Waals surface area contributed by atoms with Crippen molar-refractivity contribution in [2.75, 3.05) is 12.4 Å². The molecule has 2 aromatic carbocycles. The van der Waals surface area contributed by atoms with Gasteiger partial charge in [-0.25, -0.2) is 0 Å². The van der Waals surface area contributed by atoms with Crippen LogP contribution in [0.25, 0.3) is 0 Å². The fraction of sp³-hybridized carbons (Fsp3) is 0.391. The first kappa shape index (κ1) is 19.9. The molecule has 148 valence electrons. The number of benzene rings is 2. The number of rotatable bonds is 5. The van der Waals surface area contributed by atoms with Crippen LogP contribution >= 0.6 is 0 Å². The molecule has 0 spiro atoms. The van der Waals surface area contributed by atoms with Crippen molar-refractivity contribution in [2.24, 2.45) is 0 Å². The van der Waals surface area contributed by atoms with Gasteiger partial charge in [-0.15, -0.1) is 0 Å². The highest BCUT2D eigenvalue weighted by molar-refractivity contribution is 6.06. The molecule has 1 aliphatic carbocycles. The molecule has 1 saturated carbocycles. The van der Waals surface area contributed by atoms with E-state index in [-0.39, 0.29) is 17.9 Å². The molecule has 2 aromatic rings.